The second-order valence-corrected chi connectivity index (χ2v) is 6.27. The van der Waals surface area contributed by atoms with Crippen LogP contribution in [0.3, 0.4) is 0 Å². The molecule has 2 rings (SSSR count). The maximum atomic E-state index is 9.21. The molecule has 0 amide bonds. The van der Waals surface area contributed by atoms with Gasteiger partial charge < -0.3 is 10.6 Å². The van der Waals surface area contributed by atoms with Crippen LogP contribution in [0.15, 0.2) is 0 Å². The average Bonchev–Trinajstić information content (AvgIpc) is 2.95. The van der Waals surface area contributed by atoms with E-state index in [0.29, 0.717) is 5.92 Å². The molecule has 0 bridgehead atoms. The highest BCUT2D eigenvalue weighted by Gasteiger charge is 2.39. The lowest BCUT2D eigenvalue weighted by atomic mass is 9.87. The van der Waals surface area contributed by atoms with Gasteiger partial charge in [0.15, 0.2) is 0 Å². The Morgan fingerprint density at radius 2 is 2.22 bits per heavy atom. The highest BCUT2D eigenvalue weighted by Crippen LogP contribution is 2.36. The molecule has 3 nitrogen and oxygen atoms in total. The molecular weight excluding hydrogens is 222 g/mol. The van der Waals surface area contributed by atoms with Crippen LogP contribution in [0.25, 0.3) is 0 Å². The Labute approximate surface area is 111 Å². The van der Waals surface area contributed by atoms with Crippen molar-refractivity contribution in [3.05, 3.63) is 0 Å². The van der Waals surface area contributed by atoms with E-state index in [1.807, 2.05) is 0 Å². The lowest BCUT2D eigenvalue weighted by molar-refractivity contribution is 0.267. The number of hydrogen-bond donors (Lipinski definition) is 1. The van der Waals surface area contributed by atoms with Gasteiger partial charge in [0.1, 0.15) is 5.54 Å². The fourth-order valence-corrected chi connectivity index (χ4v) is 3.75. The van der Waals surface area contributed by atoms with E-state index >= 15 is 0 Å². The number of rotatable bonds is 5. The van der Waals surface area contributed by atoms with Crippen LogP contribution in [-0.4, -0.2) is 30.1 Å². The summed E-state index contributed by atoms with van der Waals surface area (Å²) in [6, 6.07) is 2.35. The van der Waals surface area contributed by atoms with E-state index in [4.69, 9.17) is 5.73 Å². The molecule has 1 aliphatic heterocycles. The number of nitrogens with zero attached hydrogens (tertiary/aromatic N) is 2. The van der Waals surface area contributed by atoms with Gasteiger partial charge in [0.25, 0.3) is 0 Å². The summed E-state index contributed by atoms with van der Waals surface area (Å²) >= 11 is 0. The van der Waals surface area contributed by atoms with Crippen LogP contribution in [0.1, 0.15) is 51.9 Å². The van der Waals surface area contributed by atoms with Gasteiger partial charge in [-0.05, 0) is 57.0 Å². The smallest absolute Gasteiger partial charge is 0.107 e. The molecule has 3 heteroatoms. The fourth-order valence-electron chi connectivity index (χ4n) is 3.75. The summed E-state index contributed by atoms with van der Waals surface area (Å²) in [5.41, 5.74) is 5.66. The Kier molecular flexibility index (Phi) is 4.64. The van der Waals surface area contributed by atoms with Crippen molar-refractivity contribution in [1.29, 1.82) is 5.26 Å². The molecule has 18 heavy (non-hydrogen) atoms. The summed E-state index contributed by atoms with van der Waals surface area (Å²) in [6.45, 7) is 5.94. The minimum absolute atomic E-state index is 0.424. The van der Waals surface area contributed by atoms with Crippen molar-refractivity contribution < 1.29 is 0 Å². The molecule has 0 radical (unpaired) electrons. The molecule has 0 aromatic heterocycles. The molecule has 3 unspecified atom stereocenters. The minimum Gasteiger partial charge on any atom is -0.313 e. The highest BCUT2D eigenvalue weighted by molar-refractivity contribution is 5.12. The largest absolute Gasteiger partial charge is 0.313 e. The van der Waals surface area contributed by atoms with Gasteiger partial charge in [-0.3, -0.25) is 0 Å². The SMILES string of the molecule is CCCC1CCN(CCC2CCCC2(N)C#N)C1. The lowest BCUT2D eigenvalue weighted by Crippen LogP contribution is -2.43. The van der Waals surface area contributed by atoms with Crippen LogP contribution in [0, 0.1) is 23.2 Å². The average molecular weight is 249 g/mol. The predicted octanol–water partition coefficient (Wildman–Crippen LogP) is 2.52. The van der Waals surface area contributed by atoms with Crippen LogP contribution in [-0.2, 0) is 0 Å². The van der Waals surface area contributed by atoms with Crippen LogP contribution < -0.4 is 5.73 Å². The van der Waals surface area contributed by atoms with Crippen molar-refractivity contribution in [3.8, 4) is 6.07 Å². The third kappa shape index (κ3) is 3.05. The van der Waals surface area contributed by atoms with E-state index in [1.54, 1.807) is 0 Å². The minimum atomic E-state index is -0.525. The third-order valence-corrected chi connectivity index (χ3v) is 4.94. The summed E-state index contributed by atoms with van der Waals surface area (Å²) in [4.78, 5) is 2.58. The van der Waals surface area contributed by atoms with Gasteiger partial charge in [-0.2, -0.15) is 5.26 Å². The second-order valence-electron chi connectivity index (χ2n) is 6.27. The van der Waals surface area contributed by atoms with E-state index in [0.717, 1.165) is 38.1 Å². The topological polar surface area (TPSA) is 53.0 Å². The van der Waals surface area contributed by atoms with Gasteiger partial charge in [0.05, 0.1) is 6.07 Å². The Morgan fingerprint density at radius 3 is 2.94 bits per heavy atom. The first kappa shape index (κ1) is 13.8. The van der Waals surface area contributed by atoms with Crippen molar-refractivity contribution >= 4 is 0 Å². The maximum Gasteiger partial charge on any atom is 0.107 e. The van der Waals surface area contributed by atoms with E-state index in [1.165, 1.54) is 32.4 Å². The number of nitrogens with two attached hydrogens (primary N) is 1. The number of likely N-dealkylation sites (tertiary alicyclic amines) is 1. The standard InChI is InChI=1S/C15H27N3/c1-2-4-13-6-9-18(11-13)10-7-14-5-3-8-15(14,17)12-16/h13-14H,2-11,17H2,1H3. The second kappa shape index (κ2) is 6.04. The van der Waals surface area contributed by atoms with E-state index in [-0.39, 0.29) is 0 Å². The Bertz CT molecular complexity index is 309. The van der Waals surface area contributed by atoms with Crippen LogP contribution in [0.5, 0.6) is 0 Å². The summed E-state index contributed by atoms with van der Waals surface area (Å²) in [7, 11) is 0. The summed E-state index contributed by atoms with van der Waals surface area (Å²) in [5.74, 6) is 1.34. The monoisotopic (exact) mass is 249 g/mol. The number of hydrogen-bond acceptors (Lipinski definition) is 3. The first-order valence-corrected chi connectivity index (χ1v) is 7.60. The Hall–Kier alpha value is -0.590. The first-order valence-electron chi connectivity index (χ1n) is 7.60. The van der Waals surface area contributed by atoms with Crippen molar-refractivity contribution in [3.63, 3.8) is 0 Å². The van der Waals surface area contributed by atoms with Crippen molar-refractivity contribution in [2.75, 3.05) is 19.6 Å². The molecule has 102 valence electrons. The van der Waals surface area contributed by atoms with E-state index in [9.17, 15) is 5.26 Å². The fraction of sp³-hybridized carbons (Fsp3) is 0.933. The normalized spacial score (nSPS) is 36.9. The van der Waals surface area contributed by atoms with E-state index in [2.05, 4.69) is 17.9 Å². The molecule has 2 aliphatic rings. The molecule has 1 saturated carbocycles. The van der Waals surface area contributed by atoms with Gasteiger partial charge in [-0.15, -0.1) is 0 Å². The van der Waals surface area contributed by atoms with Gasteiger partial charge in [0.2, 0.25) is 0 Å². The molecule has 0 aromatic carbocycles. The van der Waals surface area contributed by atoms with Crippen molar-refractivity contribution in [1.82, 2.24) is 4.90 Å². The van der Waals surface area contributed by atoms with Gasteiger partial charge in [-0.1, -0.05) is 19.8 Å². The van der Waals surface area contributed by atoms with Gasteiger partial charge in [0, 0.05) is 6.54 Å². The third-order valence-electron chi connectivity index (χ3n) is 4.94. The molecular formula is C15H27N3. The zero-order valence-corrected chi connectivity index (χ0v) is 11.7. The molecule has 0 spiro atoms. The lowest BCUT2D eigenvalue weighted by Gasteiger charge is -2.26. The van der Waals surface area contributed by atoms with Crippen LogP contribution >= 0.6 is 0 Å². The van der Waals surface area contributed by atoms with E-state index < -0.39 is 5.54 Å². The summed E-state index contributed by atoms with van der Waals surface area (Å²) in [5, 5.41) is 9.21. The quantitative estimate of drug-likeness (QED) is 0.814. The highest BCUT2D eigenvalue weighted by atomic mass is 15.1. The molecule has 2 N–H and O–H groups in total. The molecule has 3 atom stereocenters. The summed E-state index contributed by atoms with van der Waals surface area (Å²) < 4.78 is 0. The van der Waals surface area contributed by atoms with Crippen molar-refractivity contribution in [2.45, 2.75) is 57.4 Å². The molecule has 1 aliphatic carbocycles. The predicted molar refractivity (Wildman–Crippen MR) is 73.9 cm³/mol. The molecule has 1 heterocycles. The summed E-state index contributed by atoms with van der Waals surface area (Å²) in [6.07, 6.45) is 8.34. The van der Waals surface area contributed by atoms with Gasteiger partial charge >= 0.3 is 0 Å². The Balaban J connectivity index is 1.74. The number of nitriles is 1. The zero-order valence-electron chi connectivity index (χ0n) is 11.7. The van der Waals surface area contributed by atoms with Crippen LogP contribution in [0.4, 0.5) is 0 Å². The maximum absolute atomic E-state index is 9.21. The molecule has 2 fully saturated rings. The molecule has 0 aromatic rings. The molecule has 1 saturated heterocycles. The Morgan fingerprint density at radius 1 is 1.39 bits per heavy atom. The first-order chi connectivity index (χ1) is 8.68. The van der Waals surface area contributed by atoms with Crippen molar-refractivity contribution in [2.24, 2.45) is 17.6 Å². The zero-order chi connectivity index (χ0) is 13.0. The van der Waals surface area contributed by atoms with Gasteiger partial charge in [-0.25, -0.2) is 0 Å². The van der Waals surface area contributed by atoms with Crippen LogP contribution in [0.2, 0.25) is 0 Å².